The first-order valence-electron chi connectivity index (χ1n) is 14.2. The number of nitrogens with zero attached hydrogens (tertiary/aromatic N) is 1. The molecule has 0 aromatic carbocycles. The number of likely N-dealkylation sites (N-methyl/N-ethyl adjacent to an activating group) is 1. The molecule has 0 aliphatic heterocycles. The van der Waals surface area contributed by atoms with E-state index in [2.05, 4.69) is 6.92 Å². The topological polar surface area (TPSA) is 65.0 Å². The summed E-state index contributed by atoms with van der Waals surface area (Å²) in [7, 11) is 1.58. The number of phosphoric acid groups is 1. The summed E-state index contributed by atoms with van der Waals surface area (Å²) in [6, 6.07) is 0. The molecule has 0 saturated carbocycles. The lowest BCUT2D eigenvalue weighted by Gasteiger charge is -2.25. The van der Waals surface area contributed by atoms with E-state index >= 15 is 0 Å². The molecule has 35 heavy (non-hydrogen) atoms. The number of quaternary nitrogens is 1. The molecule has 0 radical (unpaired) electrons. The molecule has 6 nitrogen and oxygen atoms in total. The SMILES string of the molecule is CCCCCCCCCCCCCCCCCCOCC(C)(F)COP(=O)(O)OCC[N+](C)(C)C. The van der Waals surface area contributed by atoms with E-state index in [0.717, 1.165) is 12.8 Å². The summed E-state index contributed by atoms with van der Waals surface area (Å²) >= 11 is 0. The number of hydrogen-bond donors (Lipinski definition) is 1. The van der Waals surface area contributed by atoms with Crippen LogP contribution in [0.2, 0.25) is 0 Å². The predicted molar refractivity (Wildman–Crippen MR) is 145 cm³/mol. The maximum absolute atomic E-state index is 14.5. The Morgan fingerprint density at radius 1 is 0.714 bits per heavy atom. The maximum atomic E-state index is 14.5. The molecule has 0 aliphatic rings. The van der Waals surface area contributed by atoms with Crippen LogP contribution < -0.4 is 0 Å². The van der Waals surface area contributed by atoms with Gasteiger partial charge >= 0.3 is 7.82 Å². The number of rotatable bonds is 26. The highest BCUT2D eigenvalue weighted by atomic mass is 31.2. The molecular formula is C27H58FNO5P+. The Kier molecular flexibility index (Phi) is 20.9. The number of alkyl halides is 1. The first-order chi connectivity index (χ1) is 16.5. The minimum atomic E-state index is -4.26. The molecule has 0 heterocycles. The largest absolute Gasteiger partial charge is 0.472 e. The van der Waals surface area contributed by atoms with Crippen molar-refractivity contribution in [3.05, 3.63) is 0 Å². The molecule has 2 unspecified atom stereocenters. The lowest BCUT2D eigenvalue weighted by atomic mass is 10.0. The van der Waals surface area contributed by atoms with Gasteiger partial charge in [0.2, 0.25) is 0 Å². The van der Waals surface area contributed by atoms with Crippen LogP contribution in [-0.4, -0.2) is 69.2 Å². The van der Waals surface area contributed by atoms with E-state index in [1.807, 2.05) is 21.1 Å². The zero-order valence-corrected chi connectivity index (χ0v) is 24.6. The Balaban J connectivity index is 3.51. The van der Waals surface area contributed by atoms with Gasteiger partial charge in [-0.1, -0.05) is 103 Å². The third kappa shape index (κ3) is 26.8. The van der Waals surface area contributed by atoms with Crippen LogP contribution in [0.4, 0.5) is 4.39 Å². The van der Waals surface area contributed by atoms with Crippen molar-refractivity contribution in [2.45, 2.75) is 122 Å². The standard InChI is InChI=1S/C27H57FNO5P/c1-6-7-8-9-10-11-12-13-14-15-16-17-18-19-20-21-23-32-25-27(2,28)26-34-35(30,31)33-24-22-29(3,4)5/h6-26H2,1-5H3/p+1. The first-order valence-corrected chi connectivity index (χ1v) is 15.7. The van der Waals surface area contributed by atoms with Crippen LogP contribution in [0.5, 0.6) is 0 Å². The van der Waals surface area contributed by atoms with Crippen LogP contribution in [0.25, 0.3) is 0 Å². The van der Waals surface area contributed by atoms with Crippen LogP contribution in [0, 0.1) is 0 Å². The molecule has 0 saturated heterocycles. The van der Waals surface area contributed by atoms with Gasteiger partial charge < -0.3 is 14.1 Å². The molecule has 0 aliphatic carbocycles. The lowest BCUT2D eigenvalue weighted by Crippen LogP contribution is -2.37. The van der Waals surface area contributed by atoms with Crippen molar-refractivity contribution in [3.8, 4) is 0 Å². The highest BCUT2D eigenvalue weighted by Gasteiger charge is 2.31. The van der Waals surface area contributed by atoms with Crippen molar-refractivity contribution < 1.29 is 32.1 Å². The van der Waals surface area contributed by atoms with E-state index in [4.69, 9.17) is 13.8 Å². The second-order valence-electron chi connectivity index (χ2n) is 11.4. The quantitative estimate of drug-likeness (QED) is 0.0707. The van der Waals surface area contributed by atoms with Gasteiger partial charge in [-0.3, -0.25) is 9.05 Å². The van der Waals surface area contributed by atoms with Gasteiger partial charge in [-0.15, -0.1) is 0 Å². The van der Waals surface area contributed by atoms with Gasteiger partial charge in [0, 0.05) is 6.61 Å². The Morgan fingerprint density at radius 2 is 1.14 bits per heavy atom. The Bertz CT molecular complexity index is 528. The van der Waals surface area contributed by atoms with E-state index in [1.54, 1.807) is 0 Å². The van der Waals surface area contributed by atoms with Crippen molar-refractivity contribution in [1.29, 1.82) is 0 Å². The van der Waals surface area contributed by atoms with Gasteiger partial charge in [-0.05, 0) is 13.3 Å². The summed E-state index contributed by atoms with van der Waals surface area (Å²) in [6.07, 6.45) is 21.0. The fourth-order valence-corrected chi connectivity index (χ4v) is 4.58. The van der Waals surface area contributed by atoms with Crippen LogP contribution in [-0.2, 0) is 18.3 Å². The van der Waals surface area contributed by atoms with Crippen LogP contribution in [0.15, 0.2) is 0 Å². The smallest absolute Gasteiger partial charge is 0.378 e. The van der Waals surface area contributed by atoms with Crippen molar-refractivity contribution in [2.75, 3.05) is 54.1 Å². The minimum Gasteiger partial charge on any atom is -0.378 e. The maximum Gasteiger partial charge on any atom is 0.472 e. The fraction of sp³-hybridized carbons (Fsp3) is 1.00. The molecule has 0 bridgehead atoms. The second-order valence-corrected chi connectivity index (χ2v) is 12.8. The normalized spacial score (nSPS) is 15.7. The zero-order valence-electron chi connectivity index (χ0n) is 23.7. The molecule has 0 spiro atoms. The third-order valence-corrected chi connectivity index (χ3v) is 7.05. The Labute approximate surface area is 216 Å². The molecule has 212 valence electrons. The van der Waals surface area contributed by atoms with E-state index in [-0.39, 0.29) is 13.2 Å². The fourth-order valence-electron chi connectivity index (χ4n) is 3.76. The molecule has 2 atom stereocenters. The van der Waals surface area contributed by atoms with Gasteiger partial charge in [0.1, 0.15) is 13.2 Å². The van der Waals surface area contributed by atoms with Crippen molar-refractivity contribution in [3.63, 3.8) is 0 Å². The number of unbranched alkanes of at least 4 members (excludes halogenated alkanes) is 15. The van der Waals surface area contributed by atoms with Gasteiger partial charge in [0.05, 0.1) is 34.4 Å². The molecule has 0 fully saturated rings. The zero-order chi connectivity index (χ0) is 26.5. The van der Waals surface area contributed by atoms with Gasteiger partial charge in [-0.25, -0.2) is 8.96 Å². The molecule has 8 heteroatoms. The van der Waals surface area contributed by atoms with Gasteiger partial charge in [0.15, 0.2) is 5.67 Å². The molecule has 0 amide bonds. The highest BCUT2D eigenvalue weighted by molar-refractivity contribution is 7.47. The van der Waals surface area contributed by atoms with Crippen molar-refractivity contribution in [1.82, 2.24) is 0 Å². The highest BCUT2D eigenvalue weighted by Crippen LogP contribution is 2.44. The van der Waals surface area contributed by atoms with E-state index < -0.39 is 20.1 Å². The summed E-state index contributed by atoms with van der Waals surface area (Å²) in [5.41, 5.74) is -1.84. The lowest BCUT2D eigenvalue weighted by molar-refractivity contribution is -0.870. The Hall–Kier alpha value is -0.0400. The first kappa shape index (κ1) is 35.0. The predicted octanol–water partition coefficient (Wildman–Crippen LogP) is 7.83. The second kappa shape index (κ2) is 21.0. The number of ether oxygens (including phenoxy) is 1. The monoisotopic (exact) mass is 526 g/mol. The Morgan fingerprint density at radius 3 is 1.57 bits per heavy atom. The van der Waals surface area contributed by atoms with E-state index in [0.29, 0.717) is 17.6 Å². The van der Waals surface area contributed by atoms with Crippen molar-refractivity contribution in [2.24, 2.45) is 0 Å². The summed E-state index contributed by atoms with van der Waals surface area (Å²) in [6.45, 7) is 3.99. The molecule has 0 aromatic rings. The summed E-state index contributed by atoms with van der Waals surface area (Å²) in [5, 5.41) is 0. The van der Waals surface area contributed by atoms with Crippen LogP contribution >= 0.6 is 7.82 Å². The van der Waals surface area contributed by atoms with E-state index in [1.165, 1.54) is 96.8 Å². The van der Waals surface area contributed by atoms with Crippen LogP contribution in [0.1, 0.15) is 117 Å². The van der Waals surface area contributed by atoms with Crippen LogP contribution in [0.3, 0.4) is 0 Å². The molecule has 0 aromatic heterocycles. The number of halogens is 1. The van der Waals surface area contributed by atoms with Gasteiger partial charge in [-0.2, -0.15) is 0 Å². The molecular weight excluding hydrogens is 468 g/mol. The minimum absolute atomic E-state index is 0.0655. The van der Waals surface area contributed by atoms with E-state index in [9.17, 15) is 13.8 Å². The van der Waals surface area contributed by atoms with Crippen molar-refractivity contribution >= 4 is 7.82 Å². The summed E-state index contributed by atoms with van der Waals surface area (Å²) in [5.74, 6) is 0. The molecule has 0 rings (SSSR count). The average molecular weight is 527 g/mol. The molecule has 1 N–H and O–H groups in total. The number of phosphoric ester groups is 1. The average Bonchev–Trinajstić information content (AvgIpc) is 2.76. The summed E-state index contributed by atoms with van der Waals surface area (Å²) < 4.78 is 42.1. The third-order valence-electron chi connectivity index (χ3n) is 6.09. The number of hydrogen-bond acceptors (Lipinski definition) is 4. The van der Waals surface area contributed by atoms with Gasteiger partial charge in [0.25, 0.3) is 0 Å². The summed E-state index contributed by atoms with van der Waals surface area (Å²) in [4.78, 5) is 9.70.